The molecule has 1 heterocycles. The number of nitrogens with zero attached hydrogens (tertiary/aromatic N) is 1. The van der Waals surface area contributed by atoms with Gasteiger partial charge in [-0.15, -0.1) is 0 Å². The number of benzene rings is 1. The van der Waals surface area contributed by atoms with E-state index in [0.29, 0.717) is 0 Å². The molecule has 0 spiro atoms. The molecule has 0 aromatic heterocycles. The van der Waals surface area contributed by atoms with Crippen LogP contribution in [0.5, 0.6) is 0 Å². The Morgan fingerprint density at radius 2 is 2.17 bits per heavy atom. The minimum Gasteiger partial charge on any atom is -0.388 e. The number of aliphatic hydroxyl groups excluding tert-OH is 1. The Bertz CT molecular complexity index is 456. The summed E-state index contributed by atoms with van der Waals surface area (Å²) in [5, 5.41) is 10.1. The molecule has 1 N–H and O–H groups in total. The number of unbranched alkanes of at least 4 members (excludes halogenated alkanes) is 1. The van der Waals surface area contributed by atoms with E-state index in [2.05, 4.69) is 6.92 Å². The largest absolute Gasteiger partial charge is 0.388 e. The van der Waals surface area contributed by atoms with E-state index in [0.717, 1.165) is 36.1 Å². The molecule has 0 aliphatic carbocycles. The molecule has 3 nitrogen and oxygen atoms in total. The number of likely N-dealkylation sites (N-methyl/N-ethyl adjacent to an activating group) is 1. The van der Waals surface area contributed by atoms with Gasteiger partial charge in [-0.2, -0.15) is 0 Å². The van der Waals surface area contributed by atoms with Crippen molar-refractivity contribution in [1.82, 2.24) is 0 Å². The van der Waals surface area contributed by atoms with Crippen molar-refractivity contribution >= 4 is 11.6 Å². The lowest BCUT2D eigenvalue weighted by molar-refractivity contribution is -0.118. The average Bonchev–Trinajstić information content (AvgIpc) is 2.61. The number of hydrogen-bond acceptors (Lipinski definition) is 2. The number of hydrogen-bond donors (Lipinski definition) is 1. The predicted octanol–water partition coefficient (Wildman–Crippen LogP) is 2.99. The molecular formula is C15H21NO2. The number of carbonyl (C=O) groups is 1. The van der Waals surface area contributed by atoms with Gasteiger partial charge < -0.3 is 10.0 Å². The molecule has 98 valence electrons. The van der Waals surface area contributed by atoms with Crippen LogP contribution in [0.25, 0.3) is 0 Å². The van der Waals surface area contributed by atoms with Gasteiger partial charge in [-0.1, -0.05) is 31.9 Å². The Kier molecular flexibility index (Phi) is 3.71. The Labute approximate surface area is 108 Å². The van der Waals surface area contributed by atoms with Gasteiger partial charge in [-0.3, -0.25) is 4.79 Å². The van der Waals surface area contributed by atoms with E-state index in [4.69, 9.17) is 0 Å². The smallest absolute Gasteiger partial charge is 0.234 e. The van der Waals surface area contributed by atoms with Gasteiger partial charge in [-0.25, -0.2) is 0 Å². The van der Waals surface area contributed by atoms with Crippen molar-refractivity contribution in [3.05, 3.63) is 29.3 Å². The van der Waals surface area contributed by atoms with E-state index in [-0.39, 0.29) is 11.8 Å². The van der Waals surface area contributed by atoms with Crippen LogP contribution in [0.3, 0.4) is 0 Å². The minimum absolute atomic E-state index is 0.0941. The van der Waals surface area contributed by atoms with Crippen molar-refractivity contribution in [2.45, 2.75) is 45.1 Å². The van der Waals surface area contributed by atoms with Gasteiger partial charge in [0.2, 0.25) is 5.91 Å². The van der Waals surface area contributed by atoms with Gasteiger partial charge in [0.25, 0.3) is 0 Å². The second-order valence-corrected chi connectivity index (χ2v) is 5.10. The van der Waals surface area contributed by atoms with Gasteiger partial charge in [0.1, 0.15) is 0 Å². The van der Waals surface area contributed by atoms with Crippen LogP contribution in [0, 0.1) is 0 Å². The van der Waals surface area contributed by atoms with Crippen molar-refractivity contribution in [2.24, 2.45) is 0 Å². The highest BCUT2D eigenvalue weighted by molar-refractivity contribution is 6.04. The summed E-state index contributed by atoms with van der Waals surface area (Å²) in [4.78, 5) is 13.6. The fourth-order valence-electron chi connectivity index (χ4n) is 2.54. The number of aliphatic hydroxyl groups is 1. The van der Waals surface area contributed by atoms with Crippen molar-refractivity contribution < 1.29 is 9.90 Å². The molecule has 2 rings (SSSR count). The summed E-state index contributed by atoms with van der Waals surface area (Å²) in [5.74, 6) is 0.0357. The lowest BCUT2D eigenvalue weighted by atomic mass is 9.96. The highest BCUT2D eigenvalue weighted by atomic mass is 16.3. The standard InChI is InChI=1S/C15H21NO2/c1-4-5-6-14(17)11-7-8-13-12(9-11)10(2)15(18)16(13)3/h7-10,14,17H,4-6H2,1-3H3. The Balaban J connectivity index is 2.26. The van der Waals surface area contributed by atoms with Crippen molar-refractivity contribution in [2.75, 3.05) is 11.9 Å². The molecule has 1 amide bonds. The summed E-state index contributed by atoms with van der Waals surface area (Å²) in [6.07, 6.45) is 2.48. The van der Waals surface area contributed by atoms with Crippen molar-refractivity contribution in [1.29, 1.82) is 0 Å². The average molecular weight is 247 g/mol. The summed E-state index contributed by atoms with van der Waals surface area (Å²) in [6.45, 7) is 4.04. The first-order valence-corrected chi connectivity index (χ1v) is 6.65. The molecular weight excluding hydrogens is 226 g/mol. The highest BCUT2D eigenvalue weighted by Gasteiger charge is 2.32. The second kappa shape index (κ2) is 5.11. The SMILES string of the molecule is CCCCC(O)c1ccc2c(c1)C(C)C(=O)N2C. The molecule has 0 saturated heterocycles. The maximum Gasteiger partial charge on any atom is 0.234 e. The molecule has 1 aliphatic rings. The molecule has 18 heavy (non-hydrogen) atoms. The van der Waals surface area contributed by atoms with Crippen LogP contribution in [0.2, 0.25) is 0 Å². The van der Waals surface area contributed by atoms with Gasteiger partial charge in [0.15, 0.2) is 0 Å². The number of rotatable bonds is 4. The molecule has 1 aromatic carbocycles. The fourth-order valence-corrected chi connectivity index (χ4v) is 2.54. The van der Waals surface area contributed by atoms with Gasteiger partial charge in [0.05, 0.1) is 12.0 Å². The first-order valence-electron chi connectivity index (χ1n) is 6.65. The maximum atomic E-state index is 11.9. The summed E-state index contributed by atoms with van der Waals surface area (Å²) >= 11 is 0. The van der Waals surface area contributed by atoms with Crippen LogP contribution in [-0.4, -0.2) is 18.1 Å². The zero-order chi connectivity index (χ0) is 13.3. The van der Waals surface area contributed by atoms with Crippen LogP contribution in [-0.2, 0) is 4.79 Å². The number of fused-ring (bicyclic) bond motifs is 1. The Morgan fingerprint density at radius 3 is 2.83 bits per heavy atom. The molecule has 2 unspecified atom stereocenters. The van der Waals surface area contributed by atoms with Crippen molar-refractivity contribution in [3.8, 4) is 0 Å². The van der Waals surface area contributed by atoms with E-state index in [1.54, 1.807) is 11.9 Å². The number of carbonyl (C=O) groups excluding carboxylic acids is 1. The van der Waals surface area contributed by atoms with E-state index >= 15 is 0 Å². The lowest BCUT2D eigenvalue weighted by Gasteiger charge is -2.13. The van der Waals surface area contributed by atoms with Crippen LogP contribution in [0.15, 0.2) is 18.2 Å². The quantitative estimate of drug-likeness (QED) is 0.888. The molecule has 3 heteroatoms. The third kappa shape index (κ3) is 2.15. The van der Waals surface area contributed by atoms with Crippen LogP contribution < -0.4 is 4.90 Å². The monoisotopic (exact) mass is 247 g/mol. The zero-order valence-corrected chi connectivity index (χ0v) is 11.3. The number of anilines is 1. The lowest BCUT2D eigenvalue weighted by Crippen LogP contribution is -2.22. The molecule has 1 aliphatic heterocycles. The summed E-state index contributed by atoms with van der Waals surface area (Å²) < 4.78 is 0. The van der Waals surface area contributed by atoms with Crippen LogP contribution in [0.4, 0.5) is 5.69 Å². The van der Waals surface area contributed by atoms with Crippen LogP contribution in [0.1, 0.15) is 56.3 Å². The first kappa shape index (κ1) is 13.1. The second-order valence-electron chi connectivity index (χ2n) is 5.10. The molecule has 0 saturated carbocycles. The number of amides is 1. The molecule has 0 radical (unpaired) electrons. The zero-order valence-electron chi connectivity index (χ0n) is 11.3. The fraction of sp³-hybridized carbons (Fsp3) is 0.533. The van der Waals surface area contributed by atoms with Gasteiger partial charge >= 0.3 is 0 Å². The van der Waals surface area contributed by atoms with Crippen LogP contribution >= 0.6 is 0 Å². The van der Waals surface area contributed by atoms with E-state index in [1.807, 2.05) is 25.1 Å². The van der Waals surface area contributed by atoms with E-state index < -0.39 is 6.10 Å². The predicted molar refractivity (Wildman–Crippen MR) is 72.8 cm³/mol. The molecule has 1 aromatic rings. The first-order chi connectivity index (χ1) is 8.56. The summed E-state index contributed by atoms with van der Waals surface area (Å²) in [5.41, 5.74) is 2.94. The Hall–Kier alpha value is -1.35. The molecule has 0 fully saturated rings. The molecule has 2 atom stereocenters. The third-order valence-electron chi connectivity index (χ3n) is 3.80. The molecule has 0 bridgehead atoms. The normalized spacial score (nSPS) is 20.1. The highest BCUT2D eigenvalue weighted by Crippen LogP contribution is 2.37. The van der Waals surface area contributed by atoms with Crippen molar-refractivity contribution in [3.63, 3.8) is 0 Å². The Morgan fingerprint density at radius 1 is 1.44 bits per heavy atom. The summed E-state index contributed by atoms with van der Waals surface area (Å²) in [7, 11) is 1.80. The van der Waals surface area contributed by atoms with Gasteiger partial charge in [-0.05, 0) is 30.5 Å². The third-order valence-corrected chi connectivity index (χ3v) is 3.80. The van der Waals surface area contributed by atoms with E-state index in [9.17, 15) is 9.90 Å². The van der Waals surface area contributed by atoms with Gasteiger partial charge in [0, 0.05) is 12.7 Å². The minimum atomic E-state index is -0.413. The summed E-state index contributed by atoms with van der Waals surface area (Å²) in [6, 6.07) is 5.87. The van der Waals surface area contributed by atoms with E-state index in [1.165, 1.54) is 0 Å². The topological polar surface area (TPSA) is 40.5 Å². The maximum absolute atomic E-state index is 11.9.